The summed E-state index contributed by atoms with van der Waals surface area (Å²) >= 11 is 0. The molecule has 3 N–H and O–H groups in total. The van der Waals surface area contributed by atoms with Crippen LogP contribution in [0.1, 0.15) is 66.2 Å². The molecule has 0 bridgehead atoms. The van der Waals surface area contributed by atoms with Crippen LogP contribution in [0.2, 0.25) is 0 Å². The number of nitrogens with two attached hydrogens (primary N) is 1. The number of aliphatic hydroxyl groups is 1. The number of piperidine rings is 1. The van der Waals surface area contributed by atoms with Crippen LogP contribution in [-0.2, 0) is 4.74 Å². The number of nitrogens with zero attached hydrogens (tertiary/aromatic N) is 1. The van der Waals surface area contributed by atoms with E-state index in [1.54, 1.807) is 4.90 Å². The van der Waals surface area contributed by atoms with E-state index in [-0.39, 0.29) is 6.09 Å². The van der Waals surface area contributed by atoms with Crippen molar-refractivity contribution in [1.29, 1.82) is 0 Å². The molecule has 2 unspecified atom stereocenters. The third kappa shape index (κ3) is 3.74. The lowest BCUT2D eigenvalue weighted by molar-refractivity contribution is -0.0971. The number of carbonyl (C=O) groups excluding carboxylic acids is 1. The van der Waals surface area contributed by atoms with Gasteiger partial charge in [-0.15, -0.1) is 0 Å². The highest BCUT2D eigenvalue weighted by Crippen LogP contribution is 2.42. The summed E-state index contributed by atoms with van der Waals surface area (Å²) in [5.41, 5.74) is 4.74. The van der Waals surface area contributed by atoms with Gasteiger partial charge in [-0.1, -0.05) is 19.8 Å². The normalized spacial score (nSPS) is 32.6. The molecule has 128 valence electrons. The molecule has 0 spiro atoms. The number of hydrogen-bond donors (Lipinski definition) is 2. The monoisotopic (exact) mass is 312 g/mol. The summed E-state index contributed by atoms with van der Waals surface area (Å²) in [5.74, 6) is 0.562. The Morgan fingerprint density at radius 1 is 1.27 bits per heavy atom. The molecule has 1 saturated heterocycles. The summed E-state index contributed by atoms with van der Waals surface area (Å²) in [6.45, 7) is 8.83. The van der Waals surface area contributed by atoms with Gasteiger partial charge in [0.25, 0.3) is 0 Å². The summed E-state index contributed by atoms with van der Waals surface area (Å²) in [6.07, 6.45) is 4.80. The lowest BCUT2D eigenvalue weighted by atomic mass is 9.64. The molecule has 0 radical (unpaired) electrons. The average molecular weight is 312 g/mol. The Bertz CT molecular complexity index is 411. The van der Waals surface area contributed by atoms with Gasteiger partial charge in [-0.3, -0.25) is 0 Å². The first-order chi connectivity index (χ1) is 10.0. The van der Waals surface area contributed by atoms with E-state index in [4.69, 9.17) is 10.5 Å². The van der Waals surface area contributed by atoms with Crippen LogP contribution in [0.4, 0.5) is 4.79 Å². The van der Waals surface area contributed by atoms with Gasteiger partial charge in [-0.2, -0.15) is 0 Å². The van der Waals surface area contributed by atoms with Crippen LogP contribution in [0, 0.1) is 5.92 Å². The number of hydrogen-bond acceptors (Lipinski definition) is 4. The Balaban J connectivity index is 1.97. The quantitative estimate of drug-likeness (QED) is 0.780. The Morgan fingerprint density at radius 2 is 1.86 bits per heavy atom. The topological polar surface area (TPSA) is 75.8 Å². The van der Waals surface area contributed by atoms with Crippen molar-refractivity contribution >= 4 is 6.09 Å². The third-order valence-electron chi connectivity index (χ3n) is 5.20. The number of rotatable bonds is 1. The summed E-state index contributed by atoms with van der Waals surface area (Å²) in [6, 6.07) is 0. The predicted molar refractivity (Wildman–Crippen MR) is 86.5 cm³/mol. The van der Waals surface area contributed by atoms with Crippen molar-refractivity contribution in [2.75, 3.05) is 13.1 Å². The zero-order chi connectivity index (χ0) is 16.6. The van der Waals surface area contributed by atoms with E-state index in [2.05, 4.69) is 6.92 Å². The lowest BCUT2D eigenvalue weighted by Crippen LogP contribution is -2.66. The molecule has 0 aromatic rings. The number of carbonyl (C=O) groups is 1. The van der Waals surface area contributed by atoms with Gasteiger partial charge >= 0.3 is 6.09 Å². The molecule has 2 atom stereocenters. The summed E-state index contributed by atoms with van der Waals surface area (Å²) in [4.78, 5) is 13.8. The second kappa shape index (κ2) is 6.00. The predicted octanol–water partition coefficient (Wildman–Crippen LogP) is 2.66. The standard InChI is InChI=1S/C17H32N2O3/c1-13-6-5-7-16(18,12-13)17(21)8-10-19(11-9-17)14(20)22-15(2,3)4/h13,21H,5-12,18H2,1-4H3. The van der Waals surface area contributed by atoms with E-state index >= 15 is 0 Å². The van der Waals surface area contributed by atoms with Crippen LogP contribution >= 0.6 is 0 Å². The van der Waals surface area contributed by atoms with Crippen LogP contribution in [0.25, 0.3) is 0 Å². The van der Waals surface area contributed by atoms with Crippen molar-refractivity contribution in [3.05, 3.63) is 0 Å². The van der Waals surface area contributed by atoms with E-state index in [1.165, 1.54) is 6.42 Å². The molecule has 2 aliphatic rings. The fourth-order valence-electron chi connectivity index (χ4n) is 3.90. The van der Waals surface area contributed by atoms with Gasteiger partial charge in [0.1, 0.15) is 5.60 Å². The first kappa shape index (κ1) is 17.5. The maximum absolute atomic E-state index is 12.1. The molecule has 1 heterocycles. The first-order valence-electron chi connectivity index (χ1n) is 8.54. The average Bonchev–Trinajstić information content (AvgIpc) is 2.37. The van der Waals surface area contributed by atoms with Crippen molar-refractivity contribution in [1.82, 2.24) is 4.90 Å². The highest BCUT2D eigenvalue weighted by Gasteiger charge is 2.50. The molecule has 5 nitrogen and oxygen atoms in total. The minimum absolute atomic E-state index is 0.294. The zero-order valence-corrected chi connectivity index (χ0v) is 14.5. The molecule has 1 aliphatic carbocycles. The van der Waals surface area contributed by atoms with E-state index in [1.807, 2.05) is 20.8 Å². The molecule has 5 heteroatoms. The minimum Gasteiger partial charge on any atom is -0.444 e. The van der Waals surface area contributed by atoms with Crippen LogP contribution < -0.4 is 5.73 Å². The molecule has 1 aliphatic heterocycles. The zero-order valence-electron chi connectivity index (χ0n) is 14.5. The second-order valence-electron chi connectivity index (χ2n) is 8.36. The van der Waals surface area contributed by atoms with Crippen molar-refractivity contribution in [2.24, 2.45) is 11.7 Å². The molecule has 0 aromatic heterocycles. The van der Waals surface area contributed by atoms with Crippen molar-refractivity contribution < 1.29 is 14.6 Å². The van der Waals surface area contributed by atoms with E-state index < -0.39 is 16.7 Å². The van der Waals surface area contributed by atoms with Crippen molar-refractivity contribution in [3.63, 3.8) is 0 Å². The van der Waals surface area contributed by atoms with Crippen LogP contribution in [-0.4, -0.2) is 45.9 Å². The number of amides is 1. The highest BCUT2D eigenvalue weighted by molar-refractivity contribution is 5.68. The summed E-state index contributed by atoms with van der Waals surface area (Å²) in [5, 5.41) is 11.1. The summed E-state index contributed by atoms with van der Waals surface area (Å²) < 4.78 is 5.41. The molecule has 2 rings (SSSR count). The van der Waals surface area contributed by atoms with Gasteiger partial charge in [0, 0.05) is 18.6 Å². The minimum atomic E-state index is -0.861. The van der Waals surface area contributed by atoms with Gasteiger partial charge in [0.2, 0.25) is 0 Å². The molecule has 1 amide bonds. The van der Waals surface area contributed by atoms with Crippen LogP contribution in [0.15, 0.2) is 0 Å². The SMILES string of the molecule is CC1CCCC(N)(C2(O)CCN(C(=O)OC(C)(C)C)CC2)C1. The van der Waals surface area contributed by atoms with Gasteiger partial charge in [0.15, 0.2) is 0 Å². The molecule has 1 saturated carbocycles. The van der Waals surface area contributed by atoms with Crippen LogP contribution in [0.3, 0.4) is 0 Å². The molecular formula is C17H32N2O3. The van der Waals surface area contributed by atoms with Gasteiger partial charge in [0.05, 0.1) is 5.60 Å². The number of ether oxygens (including phenoxy) is 1. The van der Waals surface area contributed by atoms with Gasteiger partial charge in [-0.05, 0) is 52.4 Å². The van der Waals surface area contributed by atoms with E-state index in [0.717, 1.165) is 19.3 Å². The maximum Gasteiger partial charge on any atom is 0.410 e. The smallest absolute Gasteiger partial charge is 0.410 e. The summed E-state index contributed by atoms with van der Waals surface area (Å²) in [7, 11) is 0. The Morgan fingerprint density at radius 3 is 2.36 bits per heavy atom. The van der Waals surface area contributed by atoms with E-state index in [0.29, 0.717) is 31.8 Å². The van der Waals surface area contributed by atoms with Crippen molar-refractivity contribution in [3.8, 4) is 0 Å². The van der Waals surface area contributed by atoms with Crippen molar-refractivity contribution in [2.45, 2.75) is 83.0 Å². The molecule has 22 heavy (non-hydrogen) atoms. The molecule has 0 aromatic carbocycles. The fraction of sp³-hybridized carbons (Fsp3) is 0.941. The van der Waals surface area contributed by atoms with Gasteiger partial charge < -0.3 is 20.5 Å². The van der Waals surface area contributed by atoms with Gasteiger partial charge in [-0.25, -0.2) is 4.79 Å². The maximum atomic E-state index is 12.1. The largest absolute Gasteiger partial charge is 0.444 e. The molecular weight excluding hydrogens is 280 g/mol. The third-order valence-corrected chi connectivity index (χ3v) is 5.20. The van der Waals surface area contributed by atoms with Crippen LogP contribution in [0.5, 0.6) is 0 Å². The fourth-order valence-corrected chi connectivity index (χ4v) is 3.90. The first-order valence-corrected chi connectivity index (χ1v) is 8.54. The Labute approximate surface area is 134 Å². The second-order valence-corrected chi connectivity index (χ2v) is 8.36. The Kier molecular flexibility index (Phi) is 4.79. The highest BCUT2D eigenvalue weighted by atomic mass is 16.6. The molecule has 2 fully saturated rings. The number of likely N-dealkylation sites (tertiary alicyclic amines) is 1. The Hall–Kier alpha value is -0.810. The van der Waals surface area contributed by atoms with E-state index in [9.17, 15) is 9.90 Å². The lowest BCUT2D eigenvalue weighted by Gasteiger charge is -2.52.